The van der Waals surface area contributed by atoms with Crippen LogP contribution in [0.1, 0.15) is 54.6 Å². The molecule has 0 saturated carbocycles. The molecule has 1 saturated heterocycles. The lowest BCUT2D eigenvalue weighted by atomic mass is 9.85. The molecule has 3 aromatic carbocycles. The highest BCUT2D eigenvalue weighted by atomic mass is 16.3. The first-order valence-corrected chi connectivity index (χ1v) is 12.2. The quantitative estimate of drug-likeness (QED) is 0.270. The van der Waals surface area contributed by atoms with Gasteiger partial charge in [0.2, 0.25) is 0 Å². The van der Waals surface area contributed by atoms with E-state index in [1.165, 1.54) is 4.90 Å². The molecule has 1 atom stereocenters. The van der Waals surface area contributed by atoms with Crippen molar-refractivity contribution < 1.29 is 14.7 Å². The van der Waals surface area contributed by atoms with Gasteiger partial charge in [-0.2, -0.15) is 0 Å². The molecule has 4 rings (SSSR count). The Morgan fingerprint density at radius 1 is 0.861 bits per heavy atom. The van der Waals surface area contributed by atoms with Gasteiger partial charge in [0.1, 0.15) is 5.76 Å². The minimum Gasteiger partial charge on any atom is -0.507 e. The zero-order chi connectivity index (χ0) is 26.4. The Morgan fingerprint density at radius 2 is 1.47 bits per heavy atom. The number of carbonyl (C=O) groups excluding carboxylic acids is 2. The third kappa shape index (κ3) is 4.53. The second-order valence-electron chi connectivity index (χ2n) is 10.8. The summed E-state index contributed by atoms with van der Waals surface area (Å²) < 4.78 is 0. The fourth-order valence-corrected chi connectivity index (χ4v) is 4.54. The Kier molecular flexibility index (Phi) is 6.52. The van der Waals surface area contributed by atoms with Gasteiger partial charge < -0.3 is 10.0 Å². The third-order valence-electron chi connectivity index (χ3n) is 6.96. The lowest BCUT2D eigenvalue weighted by molar-refractivity contribution is -0.132. The zero-order valence-corrected chi connectivity index (χ0v) is 22.1. The van der Waals surface area contributed by atoms with E-state index in [9.17, 15) is 14.7 Å². The van der Waals surface area contributed by atoms with Gasteiger partial charge in [-0.15, -0.1) is 0 Å². The van der Waals surface area contributed by atoms with Crippen LogP contribution in [0.2, 0.25) is 0 Å². The highest BCUT2D eigenvalue weighted by Crippen LogP contribution is 2.43. The van der Waals surface area contributed by atoms with E-state index in [0.717, 1.165) is 27.9 Å². The number of aryl methyl sites for hydroxylation is 2. The molecule has 1 amide bonds. The average Bonchev–Trinajstić information content (AvgIpc) is 3.10. The Hall–Kier alpha value is -3.86. The third-order valence-corrected chi connectivity index (χ3v) is 6.96. The normalized spacial score (nSPS) is 17.5. The highest BCUT2D eigenvalue weighted by Gasteiger charge is 2.47. The largest absolute Gasteiger partial charge is 0.507 e. The number of carbonyl (C=O) groups is 2. The van der Waals surface area contributed by atoms with Crippen molar-refractivity contribution in [1.29, 1.82) is 0 Å². The number of nitrogens with zero attached hydrogens (tertiary/aromatic N) is 2. The Labute approximate surface area is 213 Å². The fraction of sp³-hybridized carbons (Fsp3) is 0.290. The van der Waals surface area contributed by atoms with Crippen molar-refractivity contribution in [2.75, 3.05) is 23.9 Å². The van der Waals surface area contributed by atoms with Gasteiger partial charge in [-0.05, 0) is 71.8 Å². The van der Waals surface area contributed by atoms with Crippen LogP contribution in [0.5, 0.6) is 0 Å². The van der Waals surface area contributed by atoms with Gasteiger partial charge in [-0.25, -0.2) is 0 Å². The Morgan fingerprint density at radius 3 is 2.00 bits per heavy atom. The maximum Gasteiger partial charge on any atom is 0.300 e. The van der Waals surface area contributed by atoms with Crippen molar-refractivity contribution in [3.63, 3.8) is 0 Å². The number of Topliss-reactive ketones (excluding diaryl/α,β-unsaturated/α-hetero) is 1. The van der Waals surface area contributed by atoms with Crippen molar-refractivity contribution >= 4 is 28.8 Å². The number of hydrogen-bond acceptors (Lipinski definition) is 4. The van der Waals surface area contributed by atoms with Crippen LogP contribution in [0, 0.1) is 13.8 Å². The van der Waals surface area contributed by atoms with E-state index < -0.39 is 17.7 Å². The van der Waals surface area contributed by atoms with E-state index in [4.69, 9.17) is 0 Å². The van der Waals surface area contributed by atoms with Crippen LogP contribution in [-0.2, 0) is 15.0 Å². The summed E-state index contributed by atoms with van der Waals surface area (Å²) in [5.74, 6) is -1.50. The molecule has 0 radical (unpaired) electrons. The maximum absolute atomic E-state index is 13.4. The zero-order valence-electron chi connectivity index (χ0n) is 22.1. The van der Waals surface area contributed by atoms with E-state index in [0.29, 0.717) is 11.3 Å². The van der Waals surface area contributed by atoms with Gasteiger partial charge in [0.05, 0.1) is 11.6 Å². The summed E-state index contributed by atoms with van der Waals surface area (Å²) in [6, 6.07) is 20.3. The van der Waals surface area contributed by atoms with Gasteiger partial charge >= 0.3 is 0 Å². The predicted molar refractivity (Wildman–Crippen MR) is 147 cm³/mol. The molecule has 3 aromatic rings. The minimum absolute atomic E-state index is 0.0399. The lowest BCUT2D eigenvalue weighted by Crippen LogP contribution is -2.29. The number of benzene rings is 3. The molecule has 1 fully saturated rings. The molecule has 1 unspecified atom stereocenters. The van der Waals surface area contributed by atoms with Gasteiger partial charge in [0.25, 0.3) is 11.7 Å². The number of amides is 1. The second kappa shape index (κ2) is 9.30. The fourth-order valence-electron chi connectivity index (χ4n) is 4.54. The summed E-state index contributed by atoms with van der Waals surface area (Å²) in [7, 11) is 3.89. The standard InChI is InChI=1S/C31H34N2O3/c1-19-8-9-22(18-20(19)2)28(34)26-27(21-10-12-23(13-11-21)31(3,4)5)33(30(36)29(26)35)25-16-14-24(15-17-25)32(6)7/h8-18,27,34H,1-7H3/b28-26-. The van der Waals surface area contributed by atoms with E-state index in [-0.39, 0.29) is 16.7 Å². The summed E-state index contributed by atoms with van der Waals surface area (Å²) in [5.41, 5.74) is 6.17. The SMILES string of the molecule is Cc1ccc(/C(O)=C2/C(=O)C(=O)N(c3ccc(N(C)C)cc3)C2c2ccc(C(C)(C)C)cc2)cc1C. The Bertz CT molecular complexity index is 1340. The predicted octanol–water partition coefficient (Wildman–Crippen LogP) is 6.29. The van der Waals surface area contributed by atoms with Crippen molar-refractivity contribution in [3.8, 4) is 0 Å². The minimum atomic E-state index is -0.745. The summed E-state index contributed by atoms with van der Waals surface area (Å²) in [5, 5.41) is 11.4. The molecule has 36 heavy (non-hydrogen) atoms. The van der Waals surface area contributed by atoms with Crippen molar-refractivity contribution in [1.82, 2.24) is 0 Å². The smallest absolute Gasteiger partial charge is 0.300 e. The molecule has 5 heteroatoms. The number of aliphatic hydroxyl groups is 1. The van der Waals surface area contributed by atoms with Gasteiger partial charge in [0.15, 0.2) is 0 Å². The molecular formula is C31H34N2O3. The lowest BCUT2D eigenvalue weighted by Gasteiger charge is -2.27. The molecule has 1 heterocycles. The van der Waals surface area contributed by atoms with E-state index in [1.807, 2.05) is 93.5 Å². The number of rotatable bonds is 4. The maximum atomic E-state index is 13.4. The summed E-state index contributed by atoms with van der Waals surface area (Å²) in [6.45, 7) is 10.4. The molecule has 1 aliphatic heterocycles. The van der Waals surface area contributed by atoms with Crippen LogP contribution in [-0.4, -0.2) is 30.9 Å². The van der Waals surface area contributed by atoms with Gasteiger partial charge in [-0.3, -0.25) is 14.5 Å². The van der Waals surface area contributed by atoms with E-state index >= 15 is 0 Å². The van der Waals surface area contributed by atoms with Crippen LogP contribution < -0.4 is 9.80 Å². The highest BCUT2D eigenvalue weighted by molar-refractivity contribution is 6.51. The van der Waals surface area contributed by atoms with Crippen LogP contribution in [0.4, 0.5) is 11.4 Å². The first-order valence-electron chi connectivity index (χ1n) is 12.2. The molecular weight excluding hydrogens is 448 g/mol. The molecule has 0 bridgehead atoms. The molecule has 5 nitrogen and oxygen atoms in total. The number of ketones is 1. The molecule has 1 aliphatic rings. The van der Waals surface area contributed by atoms with Crippen LogP contribution >= 0.6 is 0 Å². The van der Waals surface area contributed by atoms with Crippen LogP contribution in [0.15, 0.2) is 72.3 Å². The second-order valence-corrected chi connectivity index (χ2v) is 10.8. The van der Waals surface area contributed by atoms with E-state index in [2.05, 4.69) is 20.8 Å². The molecule has 0 aromatic heterocycles. The van der Waals surface area contributed by atoms with Gasteiger partial charge in [0, 0.05) is 31.0 Å². The van der Waals surface area contributed by atoms with Crippen molar-refractivity contribution in [2.24, 2.45) is 0 Å². The summed E-state index contributed by atoms with van der Waals surface area (Å²) >= 11 is 0. The summed E-state index contributed by atoms with van der Waals surface area (Å²) in [6.07, 6.45) is 0. The number of anilines is 2. The van der Waals surface area contributed by atoms with Crippen molar-refractivity contribution in [3.05, 3.63) is 100 Å². The molecule has 0 aliphatic carbocycles. The van der Waals surface area contributed by atoms with Crippen LogP contribution in [0.3, 0.4) is 0 Å². The Balaban J connectivity index is 1.91. The molecule has 1 N–H and O–H groups in total. The molecule has 0 spiro atoms. The first-order chi connectivity index (χ1) is 16.9. The van der Waals surface area contributed by atoms with Crippen LogP contribution in [0.25, 0.3) is 5.76 Å². The molecule has 186 valence electrons. The topological polar surface area (TPSA) is 60.9 Å². The van der Waals surface area contributed by atoms with Gasteiger partial charge in [-0.1, -0.05) is 57.2 Å². The number of hydrogen-bond donors (Lipinski definition) is 1. The first kappa shape index (κ1) is 25.2. The number of aliphatic hydroxyl groups excluding tert-OH is 1. The summed E-state index contributed by atoms with van der Waals surface area (Å²) in [4.78, 5) is 30.3. The average molecular weight is 483 g/mol. The van der Waals surface area contributed by atoms with Crippen molar-refractivity contribution in [2.45, 2.75) is 46.1 Å². The van der Waals surface area contributed by atoms with E-state index in [1.54, 1.807) is 6.07 Å². The monoisotopic (exact) mass is 482 g/mol.